The molecule has 1 rings (SSSR count). The Morgan fingerprint density at radius 1 is 1.33 bits per heavy atom. The van der Waals surface area contributed by atoms with Crippen molar-refractivity contribution in [3.05, 3.63) is 28.2 Å². The number of benzene rings is 1. The third kappa shape index (κ3) is 5.63. The molecule has 0 radical (unpaired) electrons. The minimum absolute atomic E-state index is 0.178. The van der Waals surface area contributed by atoms with E-state index in [0.29, 0.717) is 0 Å². The molecule has 0 aliphatic heterocycles. The summed E-state index contributed by atoms with van der Waals surface area (Å²) in [5, 5.41) is 0. The van der Waals surface area contributed by atoms with Crippen LogP contribution in [-0.4, -0.2) is 24.7 Å². The largest absolute Gasteiger partial charge is 0.496 e. The maximum Gasteiger partial charge on any atom is 0.122 e. The molecule has 0 bridgehead atoms. The fourth-order valence-electron chi connectivity index (χ4n) is 1.70. The molecule has 0 spiro atoms. The van der Waals surface area contributed by atoms with E-state index in [4.69, 9.17) is 10.5 Å². The first-order valence-corrected chi connectivity index (χ1v) is 8.13. The van der Waals surface area contributed by atoms with Crippen LogP contribution in [-0.2, 0) is 6.42 Å². The Labute approximate surface area is 123 Å². The first-order valence-electron chi connectivity index (χ1n) is 6.18. The lowest BCUT2D eigenvalue weighted by Crippen LogP contribution is -2.26. The van der Waals surface area contributed by atoms with Crippen LogP contribution in [0.25, 0.3) is 0 Å². The van der Waals surface area contributed by atoms with Gasteiger partial charge in [-0.25, -0.2) is 0 Å². The molecule has 0 aliphatic rings. The van der Waals surface area contributed by atoms with Gasteiger partial charge in [-0.2, -0.15) is 11.8 Å². The van der Waals surface area contributed by atoms with Gasteiger partial charge in [0.2, 0.25) is 0 Å². The molecule has 1 aromatic carbocycles. The maximum absolute atomic E-state index is 6.17. The molecule has 0 saturated carbocycles. The fourth-order valence-corrected chi connectivity index (χ4v) is 3.14. The van der Waals surface area contributed by atoms with Crippen LogP contribution in [0.15, 0.2) is 22.7 Å². The highest BCUT2D eigenvalue weighted by Gasteiger charge is 2.10. The molecular weight excluding hydrogens is 310 g/mol. The Bertz CT molecular complexity index is 371. The minimum Gasteiger partial charge on any atom is -0.496 e. The van der Waals surface area contributed by atoms with Crippen LogP contribution in [0, 0.1) is 5.92 Å². The quantitative estimate of drug-likeness (QED) is 0.827. The summed E-state index contributed by atoms with van der Waals surface area (Å²) in [5.74, 6) is 3.81. The van der Waals surface area contributed by atoms with Gasteiger partial charge in [-0.3, -0.25) is 0 Å². The summed E-state index contributed by atoms with van der Waals surface area (Å²) in [5.41, 5.74) is 7.34. The standard InChI is InChI=1S/C14H22BrNOS/c1-10(2)8-18-9-13(16)7-11-6-12(15)4-5-14(11)17-3/h4-6,10,13H,7-9,16H2,1-3H3. The van der Waals surface area contributed by atoms with Gasteiger partial charge in [0.05, 0.1) is 7.11 Å². The number of rotatable bonds is 7. The van der Waals surface area contributed by atoms with Crippen LogP contribution < -0.4 is 10.5 Å². The van der Waals surface area contributed by atoms with E-state index in [1.165, 1.54) is 11.3 Å². The average molecular weight is 332 g/mol. The van der Waals surface area contributed by atoms with Gasteiger partial charge in [0.25, 0.3) is 0 Å². The first-order chi connectivity index (χ1) is 8.52. The van der Waals surface area contributed by atoms with Crippen LogP contribution in [0.3, 0.4) is 0 Å². The summed E-state index contributed by atoms with van der Waals surface area (Å²) >= 11 is 5.41. The lowest BCUT2D eigenvalue weighted by atomic mass is 10.1. The van der Waals surface area contributed by atoms with Crippen LogP contribution in [0.1, 0.15) is 19.4 Å². The van der Waals surface area contributed by atoms with Crippen molar-refractivity contribution in [2.24, 2.45) is 11.7 Å². The molecular formula is C14H22BrNOS. The van der Waals surface area contributed by atoms with E-state index in [1.807, 2.05) is 23.9 Å². The van der Waals surface area contributed by atoms with Crippen molar-refractivity contribution in [1.82, 2.24) is 0 Å². The van der Waals surface area contributed by atoms with E-state index in [9.17, 15) is 0 Å². The zero-order valence-corrected chi connectivity index (χ0v) is 13.7. The molecule has 0 heterocycles. The van der Waals surface area contributed by atoms with Gasteiger partial charge in [-0.1, -0.05) is 29.8 Å². The fraction of sp³-hybridized carbons (Fsp3) is 0.571. The Balaban J connectivity index is 2.52. The molecule has 0 aliphatic carbocycles. The van der Waals surface area contributed by atoms with E-state index in [2.05, 4.69) is 35.8 Å². The molecule has 102 valence electrons. The molecule has 4 heteroatoms. The second-order valence-corrected chi connectivity index (χ2v) is 6.84. The number of halogens is 1. The number of ether oxygens (including phenoxy) is 1. The van der Waals surface area contributed by atoms with Gasteiger partial charge in [0, 0.05) is 16.3 Å². The Morgan fingerprint density at radius 2 is 2.06 bits per heavy atom. The summed E-state index contributed by atoms with van der Waals surface area (Å²) < 4.78 is 6.43. The molecule has 0 aromatic heterocycles. The molecule has 0 amide bonds. The summed E-state index contributed by atoms with van der Waals surface area (Å²) in [6.07, 6.45) is 0.855. The van der Waals surface area contributed by atoms with E-state index in [-0.39, 0.29) is 6.04 Å². The van der Waals surface area contributed by atoms with Crippen molar-refractivity contribution in [2.75, 3.05) is 18.6 Å². The van der Waals surface area contributed by atoms with Gasteiger partial charge in [-0.15, -0.1) is 0 Å². The molecule has 2 nitrogen and oxygen atoms in total. The third-order valence-corrected chi connectivity index (χ3v) is 4.57. The van der Waals surface area contributed by atoms with Gasteiger partial charge >= 0.3 is 0 Å². The summed E-state index contributed by atoms with van der Waals surface area (Å²) in [6, 6.07) is 6.23. The van der Waals surface area contributed by atoms with Crippen molar-refractivity contribution >= 4 is 27.7 Å². The predicted octanol–water partition coefficient (Wildman–Crippen LogP) is 3.72. The molecule has 1 atom stereocenters. The maximum atomic E-state index is 6.17. The molecule has 0 saturated heterocycles. The number of hydrogen-bond acceptors (Lipinski definition) is 3. The highest BCUT2D eigenvalue weighted by Crippen LogP contribution is 2.24. The van der Waals surface area contributed by atoms with Crippen molar-refractivity contribution in [2.45, 2.75) is 26.3 Å². The molecule has 1 unspecified atom stereocenters. The smallest absolute Gasteiger partial charge is 0.122 e. The molecule has 2 N–H and O–H groups in total. The van der Waals surface area contributed by atoms with Crippen molar-refractivity contribution in [3.8, 4) is 5.75 Å². The van der Waals surface area contributed by atoms with E-state index in [1.54, 1.807) is 7.11 Å². The molecule has 0 fully saturated rings. The summed E-state index contributed by atoms with van der Waals surface area (Å²) in [6.45, 7) is 4.46. The topological polar surface area (TPSA) is 35.2 Å². The summed E-state index contributed by atoms with van der Waals surface area (Å²) in [4.78, 5) is 0. The van der Waals surface area contributed by atoms with Crippen LogP contribution in [0.2, 0.25) is 0 Å². The highest BCUT2D eigenvalue weighted by atomic mass is 79.9. The Morgan fingerprint density at radius 3 is 2.67 bits per heavy atom. The molecule has 18 heavy (non-hydrogen) atoms. The third-order valence-electron chi connectivity index (χ3n) is 2.51. The zero-order chi connectivity index (χ0) is 13.5. The average Bonchev–Trinajstić information content (AvgIpc) is 2.28. The number of hydrogen-bond donors (Lipinski definition) is 1. The second kappa shape index (κ2) is 8.08. The van der Waals surface area contributed by atoms with Crippen LogP contribution >= 0.6 is 27.7 Å². The van der Waals surface area contributed by atoms with E-state index < -0.39 is 0 Å². The normalized spacial score (nSPS) is 12.8. The zero-order valence-electron chi connectivity index (χ0n) is 11.3. The number of thioether (sulfide) groups is 1. The van der Waals surface area contributed by atoms with Crippen molar-refractivity contribution in [1.29, 1.82) is 0 Å². The van der Waals surface area contributed by atoms with E-state index in [0.717, 1.165) is 28.3 Å². The highest BCUT2D eigenvalue weighted by molar-refractivity contribution is 9.10. The van der Waals surface area contributed by atoms with Crippen molar-refractivity contribution < 1.29 is 4.74 Å². The lowest BCUT2D eigenvalue weighted by Gasteiger charge is -2.15. The lowest BCUT2D eigenvalue weighted by molar-refractivity contribution is 0.408. The summed E-state index contributed by atoms with van der Waals surface area (Å²) in [7, 11) is 1.70. The first kappa shape index (κ1) is 15.9. The van der Waals surface area contributed by atoms with Crippen LogP contribution in [0.4, 0.5) is 0 Å². The Hall–Kier alpha value is -0.190. The van der Waals surface area contributed by atoms with Gasteiger partial charge < -0.3 is 10.5 Å². The van der Waals surface area contributed by atoms with Gasteiger partial charge in [-0.05, 0) is 41.9 Å². The predicted molar refractivity (Wildman–Crippen MR) is 84.5 cm³/mol. The Kier molecular flexibility index (Phi) is 7.12. The monoisotopic (exact) mass is 331 g/mol. The van der Waals surface area contributed by atoms with Gasteiger partial charge in [0.15, 0.2) is 0 Å². The second-order valence-electron chi connectivity index (χ2n) is 4.85. The minimum atomic E-state index is 0.178. The van der Waals surface area contributed by atoms with Gasteiger partial charge in [0.1, 0.15) is 5.75 Å². The van der Waals surface area contributed by atoms with Crippen molar-refractivity contribution in [3.63, 3.8) is 0 Å². The number of methoxy groups -OCH3 is 1. The number of nitrogens with two attached hydrogens (primary N) is 1. The molecule has 1 aromatic rings. The van der Waals surface area contributed by atoms with E-state index >= 15 is 0 Å². The SMILES string of the molecule is COc1ccc(Br)cc1CC(N)CSCC(C)C. The van der Waals surface area contributed by atoms with Crippen LogP contribution in [0.5, 0.6) is 5.75 Å².